The zero-order chi connectivity index (χ0) is 15.7. The molecular weight excluding hydrogens is 356 g/mol. The van der Waals surface area contributed by atoms with Gasteiger partial charge >= 0.3 is 5.69 Å². The largest absolute Gasteiger partial charge is 0.490 e. The number of aromatic amines is 1. The molecule has 0 aliphatic heterocycles. The third-order valence-corrected chi connectivity index (χ3v) is 3.35. The minimum absolute atomic E-state index is 0.146. The van der Waals surface area contributed by atoms with Gasteiger partial charge < -0.3 is 9.15 Å². The van der Waals surface area contributed by atoms with Gasteiger partial charge in [0.05, 0.1) is 12.0 Å². The molecule has 2 aromatic heterocycles. The van der Waals surface area contributed by atoms with Crippen molar-refractivity contribution in [3.63, 3.8) is 0 Å². The lowest BCUT2D eigenvalue weighted by Gasteiger charge is -2.02. The topological polar surface area (TPSA) is 107 Å². The Kier molecular flexibility index (Phi) is 3.63. The van der Waals surface area contributed by atoms with Crippen LogP contribution < -0.4 is 4.74 Å². The average Bonchev–Trinajstić information content (AvgIpc) is 3.15. The molecule has 1 N–H and O–H groups in total. The second-order valence-corrected chi connectivity index (χ2v) is 5.04. The number of rotatable bonds is 4. The molecule has 0 saturated heterocycles. The van der Waals surface area contributed by atoms with Gasteiger partial charge in [-0.15, -0.1) is 0 Å². The van der Waals surface area contributed by atoms with E-state index in [2.05, 4.69) is 31.1 Å². The van der Waals surface area contributed by atoms with Gasteiger partial charge in [0, 0.05) is 11.6 Å². The Morgan fingerprint density at radius 1 is 1.36 bits per heavy atom. The molecule has 0 fully saturated rings. The van der Waals surface area contributed by atoms with Crippen LogP contribution in [0, 0.1) is 10.1 Å². The van der Waals surface area contributed by atoms with Crippen LogP contribution in [0.5, 0.6) is 5.75 Å². The van der Waals surface area contributed by atoms with Gasteiger partial charge in [-0.25, -0.2) is 4.98 Å². The highest BCUT2D eigenvalue weighted by Gasteiger charge is 2.18. The minimum Gasteiger partial charge on any atom is -0.490 e. The Morgan fingerprint density at radius 2 is 2.18 bits per heavy atom. The summed E-state index contributed by atoms with van der Waals surface area (Å²) in [6, 6.07) is 7.98. The summed E-state index contributed by atoms with van der Waals surface area (Å²) in [7, 11) is 1.38. The van der Waals surface area contributed by atoms with Crippen LogP contribution in [0.25, 0.3) is 23.0 Å². The number of H-pyrrole nitrogens is 1. The summed E-state index contributed by atoms with van der Waals surface area (Å²) < 4.78 is 10.9. The van der Waals surface area contributed by atoms with Gasteiger partial charge in [-0.05, 0) is 40.2 Å². The SMILES string of the molecule is COc1ccc(-c2n[nH]c(-c3ccc(Br)o3)n2)cc1[N+](=O)[O-]. The number of nitrogens with one attached hydrogen (secondary N) is 1. The van der Waals surface area contributed by atoms with Gasteiger partial charge in [0.2, 0.25) is 0 Å². The Balaban J connectivity index is 2.00. The fourth-order valence-electron chi connectivity index (χ4n) is 1.91. The fraction of sp³-hybridized carbons (Fsp3) is 0.0769. The molecule has 112 valence electrons. The summed E-state index contributed by atoms with van der Waals surface area (Å²) in [5, 5.41) is 17.8. The number of aromatic nitrogens is 3. The van der Waals surface area contributed by atoms with Crippen LogP contribution >= 0.6 is 15.9 Å². The van der Waals surface area contributed by atoms with E-state index >= 15 is 0 Å². The minimum atomic E-state index is -0.514. The molecule has 0 unspecified atom stereocenters. The summed E-state index contributed by atoms with van der Waals surface area (Å²) in [4.78, 5) is 14.8. The number of nitro benzene ring substituents is 1. The third kappa shape index (κ3) is 2.58. The van der Waals surface area contributed by atoms with Gasteiger partial charge in [-0.1, -0.05) is 0 Å². The Bertz CT molecular complexity index is 842. The first-order valence-electron chi connectivity index (χ1n) is 6.09. The number of hydrogen-bond donors (Lipinski definition) is 1. The first-order valence-corrected chi connectivity index (χ1v) is 6.88. The lowest BCUT2D eigenvalue weighted by Crippen LogP contribution is -1.94. The molecular formula is C13H9BrN4O4. The van der Waals surface area contributed by atoms with Crippen molar-refractivity contribution < 1.29 is 14.1 Å². The molecule has 3 aromatic rings. The number of nitro groups is 1. The van der Waals surface area contributed by atoms with Crippen molar-refractivity contribution in [1.29, 1.82) is 0 Å². The van der Waals surface area contributed by atoms with Crippen molar-refractivity contribution in [2.24, 2.45) is 0 Å². The first kappa shape index (κ1) is 14.3. The molecule has 2 heterocycles. The van der Waals surface area contributed by atoms with Crippen LogP contribution in [0.2, 0.25) is 0 Å². The fourth-order valence-corrected chi connectivity index (χ4v) is 2.22. The molecule has 0 spiro atoms. The lowest BCUT2D eigenvalue weighted by molar-refractivity contribution is -0.385. The van der Waals surface area contributed by atoms with Crippen LogP contribution in [0.15, 0.2) is 39.4 Å². The van der Waals surface area contributed by atoms with E-state index in [9.17, 15) is 10.1 Å². The Labute approximate surface area is 132 Å². The van der Waals surface area contributed by atoms with E-state index in [1.54, 1.807) is 18.2 Å². The van der Waals surface area contributed by atoms with Crippen molar-refractivity contribution in [3.8, 4) is 28.7 Å². The van der Waals surface area contributed by atoms with Crippen molar-refractivity contribution in [2.45, 2.75) is 0 Å². The number of ether oxygens (including phenoxy) is 1. The molecule has 1 aromatic carbocycles. The van der Waals surface area contributed by atoms with E-state index < -0.39 is 4.92 Å². The van der Waals surface area contributed by atoms with E-state index in [4.69, 9.17) is 9.15 Å². The quantitative estimate of drug-likeness (QED) is 0.561. The Morgan fingerprint density at radius 3 is 2.82 bits per heavy atom. The highest BCUT2D eigenvalue weighted by molar-refractivity contribution is 9.10. The van der Waals surface area contributed by atoms with E-state index in [1.165, 1.54) is 19.2 Å². The maximum absolute atomic E-state index is 11.1. The van der Waals surface area contributed by atoms with Crippen LogP contribution in [0.4, 0.5) is 5.69 Å². The molecule has 3 rings (SSSR count). The smallest absolute Gasteiger partial charge is 0.311 e. The monoisotopic (exact) mass is 364 g/mol. The second kappa shape index (κ2) is 5.60. The number of hydrogen-bond acceptors (Lipinski definition) is 6. The van der Waals surface area contributed by atoms with E-state index in [0.717, 1.165) is 0 Å². The van der Waals surface area contributed by atoms with Gasteiger partial charge in [-0.2, -0.15) is 5.10 Å². The van der Waals surface area contributed by atoms with E-state index in [-0.39, 0.29) is 11.4 Å². The van der Waals surface area contributed by atoms with Crippen LogP contribution in [-0.4, -0.2) is 27.2 Å². The maximum atomic E-state index is 11.1. The van der Waals surface area contributed by atoms with E-state index in [1.807, 2.05) is 0 Å². The van der Waals surface area contributed by atoms with Gasteiger partial charge in [0.15, 0.2) is 27.8 Å². The van der Waals surface area contributed by atoms with Crippen molar-refractivity contribution in [2.75, 3.05) is 7.11 Å². The molecule has 9 heteroatoms. The summed E-state index contributed by atoms with van der Waals surface area (Å²) in [5.41, 5.74) is 0.354. The van der Waals surface area contributed by atoms with Crippen molar-refractivity contribution in [3.05, 3.63) is 45.1 Å². The first-order chi connectivity index (χ1) is 10.6. The normalized spacial score (nSPS) is 10.6. The zero-order valence-electron chi connectivity index (χ0n) is 11.2. The second-order valence-electron chi connectivity index (χ2n) is 4.26. The van der Waals surface area contributed by atoms with Gasteiger partial charge in [0.1, 0.15) is 0 Å². The molecule has 0 amide bonds. The summed E-state index contributed by atoms with van der Waals surface area (Å²) >= 11 is 3.20. The molecule has 0 radical (unpaired) electrons. The predicted octanol–water partition coefficient (Wildman–Crippen LogP) is 3.41. The lowest BCUT2D eigenvalue weighted by atomic mass is 10.2. The highest BCUT2D eigenvalue weighted by Crippen LogP contribution is 2.31. The number of halogens is 1. The van der Waals surface area contributed by atoms with Gasteiger partial charge in [-0.3, -0.25) is 15.2 Å². The maximum Gasteiger partial charge on any atom is 0.311 e. The molecule has 0 atom stereocenters. The van der Waals surface area contributed by atoms with E-state index in [0.29, 0.717) is 27.6 Å². The third-order valence-electron chi connectivity index (χ3n) is 2.93. The zero-order valence-corrected chi connectivity index (χ0v) is 12.8. The summed E-state index contributed by atoms with van der Waals surface area (Å²) in [6.45, 7) is 0. The van der Waals surface area contributed by atoms with Crippen molar-refractivity contribution >= 4 is 21.6 Å². The molecule has 0 aliphatic carbocycles. The summed E-state index contributed by atoms with van der Waals surface area (Å²) in [6.07, 6.45) is 0. The number of benzene rings is 1. The Hall–Kier alpha value is -2.68. The van der Waals surface area contributed by atoms with Crippen LogP contribution in [0.1, 0.15) is 0 Å². The average molecular weight is 365 g/mol. The molecule has 22 heavy (non-hydrogen) atoms. The van der Waals surface area contributed by atoms with Gasteiger partial charge in [0.25, 0.3) is 0 Å². The van der Waals surface area contributed by atoms with Crippen LogP contribution in [0.3, 0.4) is 0 Å². The van der Waals surface area contributed by atoms with Crippen molar-refractivity contribution in [1.82, 2.24) is 15.2 Å². The predicted molar refractivity (Wildman–Crippen MR) is 80.4 cm³/mol. The number of methoxy groups -OCH3 is 1. The molecule has 0 aliphatic rings. The van der Waals surface area contributed by atoms with Crippen LogP contribution in [-0.2, 0) is 0 Å². The standard InChI is InChI=1S/C13H9BrN4O4/c1-21-9-3-2-7(6-8(9)18(19)20)12-15-13(17-16-12)10-4-5-11(14)22-10/h2-6H,1H3,(H,15,16,17). The number of nitrogens with zero attached hydrogens (tertiary/aromatic N) is 3. The highest BCUT2D eigenvalue weighted by atomic mass is 79.9. The molecule has 0 saturated carbocycles. The molecule has 0 bridgehead atoms. The number of furan rings is 1. The molecule has 8 nitrogen and oxygen atoms in total. The summed E-state index contributed by atoms with van der Waals surface area (Å²) in [5.74, 6) is 1.44.